The molecule has 0 spiro atoms. The van der Waals surface area contributed by atoms with E-state index in [1.54, 1.807) is 0 Å². The molecule has 3 atom stereocenters. The van der Waals surface area contributed by atoms with Gasteiger partial charge in [0.1, 0.15) is 12.3 Å². The van der Waals surface area contributed by atoms with Gasteiger partial charge in [-0.15, -0.1) is 0 Å². The van der Waals surface area contributed by atoms with E-state index >= 15 is 0 Å². The molecule has 0 radical (unpaired) electrons. The highest BCUT2D eigenvalue weighted by atomic mass is 16.5. The van der Waals surface area contributed by atoms with Crippen LogP contribution in [0, 0.1) is 11.8 Å². The normalized spacial score (nSPS) is 28.2. The van der Waals surface area contributed by atoms with E-state index in [9.17, 15) is 14.4 Å². The number of ether oxygens (including phenoxy) is 1. The molecule has 25 heavy (non-hydrogen) atoms. The Morgan fingerprint density at radius 3 is 2.48 bits per heavy atom. The maximum atomic E-state index is 12.5. The summed E-state index contributed by atoms with van der Waals surface area (Å²) in [6, 6.07) is 7.47. The van der Waals surface area contributed by atoms with Gasteiger partial charge in [-0.2, -0.15) is 0 Å². The number of hydrogen-bond acceptors (Lipinski definition) is 4. The van der Waals surface area contributed by atoms with Gasteiger partial charge < -0.3 is 10.1 Å². The SMILES string of the molecule is O=C(CN1C(=O)C2CCCCC2C1=O)NC1CCOc2ccccc21. The van der Waals surface area contributed by atoms with E-state index < -0.39 is 0 Å². The monoisotopic (exact) mass is 342 g/mol. The number of imide groups is 1. The van der Waals surface area contributed by atoms with Crippen LogP contribution >= 0.6 is 0 Å². The van der Waals surface area contributed by atoms with Crippen molar-refractivity contribution in [3.8, 4) is 5.75 Å². The molecule has 1 aromatic rings. The van der Waals surface area contributed by atoms with E-state index in [2.05, 4.69) is 5.32 Å². The Morgan fingerprint density at radius 1 is 1.08 bits per heavy atom. The van der Waals surface area contributed by atoms with E-state index in [4.69, 9.17) is 4.74 Å². The lowest BCUT2D eigenvalue weighted by molar-refractivity contribution is -0.143. The molecule has 3 unspecified atom stereocenters. The highest BCUT2D eigenvalue weighted by molar-refractivity contribution is 6.07. The van der Waals surface area contributed by atoms with Crippen molar-refractivity contribution in [3.63, 3.8) is 0 Å². The first-order chi connectivity index (χ1) is 12.1. The van der Waals surface area contributed by atoms with Crippen molar-refractivity contribution in [1.29, 1.82) is 0 Å². The van der Waals surface area contributed by atoms with Crippen LogP contribution in [0.15, 0.2) is 24.3 Å². The van der Waals surface area contributed by atoms with Gasteiger partial charge in [0.15, 0.2) is 0 Å². The van der Waals surface area contributed by atoms with Crippen LogP contribution in [0.5, 0.6) is 5.75 Å². The summed E-state index contributed by atoms with van der Waals surface area (Å²) in [5, 5.41) is 2.96. The van der Waals surface area contributed by atoms with E-state index in [0.717, 1.165) is 37.0 Å². The molecule has 1 saturated heterocycles. The number of nitrogens with one attached hydrogen (secondary N) is 1. The van der Waals surface area contributed by atoms with E-state index in [0.29, 0.717) is 13.0 Å². The van der Waals surface area contributed by atoms with Gasteiger partial charge in [0, 0.05) is 12.0 Å². The van der Waals surface area contributed by atoms with Gasteiger partial charge in [-0.1, -0.05) is 31.0 Å². The fraction of sp³-hybridized carbons (Fsp3) is 0.526. The van der Waals surface area contributed by atoms with Gasteiger partial charge in [-0.3, -0.25) is 19.3 Å². The molecule has 6 heteroatoms. The molecule has 1 N–H and O–H groups in total. The van der Waals surface area contributed by atoms with Crippen LogP contribution in [-0.2, 0) is 14.4 Å². The second-order valence-electron chi connectivity index (χ2n) is 7.06. The number of likely N-dealkylation sites (tertiary alicyclic amines) is 1. The summed E-state index contributed by atoms with van der Waals surface area (Å²) in [5.41, 5.74) is 0.940. The number of carbonyl (C=O) groups excluding carboxylic acids is 3. The molecule has 1 aliphatic carbocycles. The van der Waals surface area contributed by atoms with Crippen molar-refractivity contribution < 1.29 is 19.1 Å². The quantitative estimate of drug-likeness (QED) is 0.850. The van der Waals surface area contributed by atoms with Gasteiger partial charge in [0.2, 0.25) is 17.7 Å². The average molecular weight is 342 g/mol. The number of rotatable bonds is 3. The van der Waals surface area contributed by atoms with Crippen LogP contribution in [-0.4, -0.2) is 35.8 Å². The molecule has 2 aliphatic heterocycles. The summed E-state index contributed by atoms with van der Waals surface area (Å²) in [7, 11) is 0. The fourth-order valence-electron chi connectivity index (χ4n) is 4.26. The molecule has 1 saturated carbocycles. The summed E-state index contributed by atoms with van der Waals surface area (Å²) >= 11 is 0. The Labute approximate surface area is 146 Å². The van der Waals surface area contributed by atoms with Crippen molar-refractivity contribution in [1.82, 2.24) is 10.2 Å². The first-order valence-corrected chi connectivity index (χ1v) is 9.01. The summed E-state index contributed by atoms with van der Waals surface area (Å²) in [4.78, 5) is 38.6. The van der Waals surface area contributed by atoms with Crippen molar-refractivity contribution in [2.24, 2.45) is 11.8 Å². The molecule has 1 aromatic carbocycles. The van der Waals surface area contributed by atoms with Crippen LogP contribution in [0.1, 0.15) is 43.7 Å². The van der Waals surface area contributed by atoms with E-state index in [1.807, 2.05) is 24.3 Å². The number of hydrogen-bond donors (Lipinski definition) is 1. The van der Waals surface area contributed by atoms with Gasteiger partial charge >= 0.3 is 0 Å². The maximum absolute atomic E-state index is 12.5. The lowest BCUT2D eigenvalue weighted by Crippen LogP contribution is -2.42. The molecule has 132 valence electrons. The Balaban J connectivity index is 1.43. The van der Waals surface area contributed by atoms with Crippen molar-refractivity contribution in [2.45, 2.75) is 38.1 Å². The molecule has 0 aromatic heterocycles. The zero-order valence-electron chi connectivity index (χ0n) is 14.1. The van der Waals surface area contributed by atoms with Gasteiger partial charge in [0.05, 0.1) is 24.5 Å². The topological polar surface area (TPSA) is 75.7 Å². The molecule has 6 nitrogen and oxygen atoms in total. The largest absolute Gasteiger partial charge is 0.493 e. The van der Waals surface area contributed by atoms with Crippen LogP contribution in [0.25, 0.3) is 0 Å². The van der Waals surface area contributed by atoms with Gasteiger partial charge in [0.25, 0.3) is 0 Å². The molecule has 2 heterocycles. The highest BCUT2D eigenvalue weighted by Crippen LogP contribution is 2.38. The van der Waals surface area contributed by atoms with Crippen LogP contribution in [0.2, 0.25) is 0 Å². The fourth-order valence-corrected chi connectivity index (χ4v) is 4.26. The zero-order chi connectivity index (χ0) is 17.4. The third-order valence-corrected chi connectivity index (χ3v) is 5.53. The predicted molar refractivity (Wildman–Crippen MR) is 89.6 cm³/mol. The number of para-hydroxylation sites is 1. The third kappa shape index (κ3) is 2.90. The first kappa shape index (κ1) is 16.1. The van der Waals surface area contributed by atoms with Gasteiger partial charge in [-0.05, 0) is 18.9 Å². The minimum atomic E-state index is -0.290. The smallest absolute Gasteiger partial charge is 0.240 e. The molecule has 4 rings (SSSR count). The third-order valence-electron chi connectivity index (χ3n) is 5.53. The number of amides is 3. The number of fused-ring (bicyclic) bond motifs is 2. The Hall–Kier alpha value is -2.37. The van der Waals surface area contributed by atoms with Crippen LogP contribution in [0.3, 0.4) is 0 Å². The molecular weight excluding hydrogens is 320 g/mol. The molecule has 2 fully saturated rings. The second-order valence-corrected chi connectivity index (χ2v) is 7.06. The van der Waals surface area contributed by atoms with Crippen molar-refractivity contribution >= 4 is 17.7 Å². The molecule has 3 aliphatic rings. The lowest BCUT2D eigenvalue weighted by Gasteiger charge is -2.27. The first-order valence-electron chi connectivity index (χ1n) is 9.01. The summed E-state index contributed by atoms with van der Waals surface area (Å²) in [6.07, 6.45) is 4.18. The Bertz CT molecular complexity index is 693. The van der Waals surface area contributed by atoms with Crippen LogP contribution < -0.4 is 10.1 Å². The highest BCUT2D eigenvalue weighted by Gasteiger charge is 2.48. The summed E-state index contributed by atoms with van der Waals surface area (Å²) in [6.45, 7) is 0.359. The minimum Gasteiger partial charge on any atom is -0.493 e. The maximum Gasteiger partial charge on any atom is 0.240 e. The average Bonchev–Trinajstić information content (AvgIpc) is 2.87. The number of carbonyl (C=O) groups is 3. The number of benzene rings is 1. The van der Waals surface area contributed by atoms with Gasteiger partial charge in [-0.25, -0.2) is 0 Å². The summed E-state index contributed by atoms with van der Waals surface area (Å²) < 4.78 is 5.60. The van der Waals surface area contributed by atoms with Crippen molar-refractivity contribution in [2.75, 3.05) is 13.2 Å². The molecule has 3 amide bonds. The minimum absolute atomic E-state index is 0.146. The summed E-state index contributed by atoms with van der Waals surface area (Å²) in [5.74, 6) is -0.273. The number of nitrogens with zero attached hydrogens (tertiary/aromatic N) is 1. The molecular formula is C19H22N2O4. The van der Waals surface area contributed by atoms with E-state index in [1.165, 1.54) is 4.90 Å². The zero-order valence-corrected chi connectivity index (χ0v) is 14.1. The second kappa shape index (κ2) is 6.50. The molecule has 0 bridgehead atoms. The standard InChI is InChI=1S/C19H22N2O4/c22-17(20-15-9-10-25-16-8-4-3-7-14(15)16)11-21-18(23)12-5-1-2-6-13(12)19(21)24/h3-4,7-8,12-13,15H,1-2,5-6,9-11H2,(H,20,22). The van der Waals surface area contributed by atoms with Crippen molar-refractivity contribution in [3.05, 3.63) is 29.8 Å². The van der Waals surface area contributed by atoms with Crippen LogP contribution in [0.4, 0.5) is 0 Å². The lowest BCUT2D eigenvalue weighted by atomic mass is 9.81. The van der Waals surface area contributed by atoms with E-state index in [-0.39, 0.29) is 42.1 Å². The Kier molecular flexibility index (Phi) is 4.19. The Morgan fingerprint density at radius 2 is 1.76 bits per heavy atom. The predicted octanol–water partition coefficient (Wildman–Crippen LogP) is 1.80.